The number of methoxy groups -OCH3 is 1. The van der Waals surface area contributed by atoms with Crippen molar-refractivity contribution in [2.45, 2.75) is 25.7 Å². The van der Waals surface area contributed by atoms with Gasteiger partial charge in [-0.3, -0.25) is 9.69 Å². The second-order valence-corrected chi connectivity index (χ2v) is 6.94. The maximum absolute atomic E-state index is 13.3. The monoisotopic (exact) mass is 389 g/mol. The van der Waals surface area contributed by atoms with E-state index < -0.39 is 18.0 Å². The molecule has 2 aromatic rings. The Morgan fingerprint density at radius 3 is 2.75 bits per heavy atom. The first-order valence-corrected chi connectivity index (χ1v) is 9.13. The standard InChI is InChI=1S/C21H24FNO5/c1-27-19-6-5-14(11-23-8-7-18(24)17(12-23)21(25)26)10-20(19)28-13-15-3-2-4-16(22)9-15/h2-6,9-10,17-18,24H,7-8,11-13H2,1H3,(H,25,26)/t17-,18+/m0/s1. The number of aliphatic hydroxyl groups excluding tert-OH is 1. The SMILES string of the molecule is COc1ccc(CN2CC[C@@H](O)[C@@H](C(=O)O)C2)cc1OCc1cccc(F)c1. The highest BCUT2D eigenvalue weighted by Crippen LogP contribution is 2.30. The molecular formula is C21H24FNO5. The Bertz CT molecular complexity index is 828. The van der Waals surface area contributed by atoms with Crippen molar-refractivity contribution in [3.8, 4) is 11.5 Å². The van der Waals surface area contributed by atoms with Crippen LogP contribution in [-0.4, -0.2) is 47.4 Å². The summed E-state index contributed by atoms with van der Waals surface area (Å²) in [5, 5.41) is 19.1. The van der Waals surface area contributed by atoms with Crippen molar-refractivity contribution in [2.24, 2.45) is 5.92 Å². The van der Waals surface area contributed by atoms with Crippen molar-refractivity contribution < 1.29 is 28.9 Å². The molecule has 3 rings (SSSR count). The molecular weight excluding hydrogens is 365 g/mol. The van der Waals surface area contributed by atoms with Crippen LogP contribution in [-0.2, 0) is 17.9 Å². The van der Waals surface area contributed by atoms with E-state index >= 15 is 0 Å². The lowest BCUT2D eigenvalue weighted by molar-refractivity contribution is -0.149. The number of hydrogen-bond acceptors (Lipinski definition) is 5. The number of aliphatic hydroxyl groups is 1. The number of benzene rings is 2. The van der Waals surface area contributed by atoms with Gasteiger partial charge >= 0.3 is 5.97 Å². The molecule has 1 aliphatic heterocycles. The highest BCUT2D eigenvalue weighted by atomic mass is 19.1. The van der Waals surface area contributed by atoms with Gasteiger partial charge in [0.1, 0.15) is 12.4 Å². The zero-order valence-corrected chi connectivity index (χ0v) is 15.7. The van der Waals surface area contributed by atoms with Crippen LogP contribution in [0.2, 0.25) is 0 Å². The quantitative estimate of drug-likeness (QED) is 0.758. The van der Waals surface area contributed by atoms with Crippen LogP contribution in [0.5, 0.6) is 11.5 Å². The van der Waals surface area contributed by atoms with Crippen LogP contribution >= 0.6 is 0 Å². The van der Waals surface area contributed by atoms with Crippen molar-refractivity contribution in [1.82, 2.24) is 4.90 Å². The van der Waals surface area contributed by atoms with E-state index in [1.54, 1.807) is 25.3 Å². The predicted octanol–water partition coefficient (Wildman–Crippen LogP) is 2.68. The van der Waals surface area contributed by atoms with Gasteiger partial charge in [-0.2, -0.15) is 0 Å². The molecule has 2 N–H and O–H groups in total. The lowest BCUT2D eigenvalue weighted by Crippen LogP contribution is -2.46. The summed E-state index contributed by atoms with van der Waals surface area (Å²) in [6, 6.07) is 11.7. The van der Waals surface area contributed by atoms with E-state index in [1.807, 2.05) is 17.0 Å². The molecule has 0 amide bonds. The zero-order valence-electron chi connectivity index (χ0n) is 15.7. The molecule has 0 radical (unpaired) electrons. The van der Waals surface area contributed by atoms with Crippen molar-refractivity contribution in [1.29, 1.82) is 0 Å². The van der Waals surface area contributed by atoms with Crippen LogP contribution in [0.3, 0.4) is 0 Å². The Hall–Kier alpha value is -2.64. The summed E-state index contributed by atoms with van der Waals surface area (Å²) in [6.45, 7) is 1.66. The highest BCUT2D eigenvalue weighted by molar-refractivity contribution is 5.71. The number of carboxylic acids is 1. The topological polar surface area (TPSA) is 79.2 Å². The molecule has 7 heteroatoms. The summed E-state index contributed by atoms with van der Waals surface area (Å²) in [6.07, 6.45) is -0.384. The van der Waals surface area contributed by atoms with E-state index in [0.29, 0.717) is 43.1 Å². The summed E-state index contributed by atoms with van der Waals surface area (Å²) in [5.74, 6) is -0.974. The van der Waals surface area contributed by atoms with Gasteiger partial charge in [-0.25, -0.2) is 4.39 Å². The summed E-state index contributed by atoms with van der Waals surface area (Å²) in [4.78, 5) is 13.3. The number of likely N-dealkylation sites (tertiary alicyclic amines) is 1. The molecule has 0 aromatic heterocycles. The summed E-state index contributed by atoms with van der Waals surface area (Å²) < 4.78 is 24.5. The Morgan fingerprint density at radius 2 is 2.04 bits per heavy atom. The highest BCUT2D eigenvalue weighted by Gasteiger charge is 2.33. The first kappa shape index (κ1) is 20.1. The lowest BCUT2D eigenvalue weighted by Gasteiger charge is -2.34. The van der Waals surface area contributed by atoms with E-state index in [9.17, 15) is 19.4 Å². The Kier molecular flexibility index (Phi) is 6.49. The first-order chi connectivity index (χ1) is 13.5. The van der Waals surface area contributed by atoms with Crippen molar-refractivity contribution >= 4 is 5.97 Å². The number of carbonyl (C=O) groups is 1. The van der Waals surface area contributed by atoms with Gasteiger partial charge in [0.15, 0.2) is 11.5 Å². The smallest absolute Gasteiger partial charge is 0.310 e. The van der Waals surface area contributed by atoms with Gasteiger partial charge < -0.3 is 19.7 Å². The second kappa shape index (κ2) is 9.03. The van der Waals surface area contributed by atoms with E-state index in [1.165, 1.54) is 12.1 Å². The van der Waals surface area contributed by atoms with Gasteiger partial charge in [0.2, 0.25) is 0 Å². The van der Waals surface area contributed by atoms with Gasteiger partial charge in [0.25, 0.3) is 0 Å². The fraction of sp³-hybridized carbons (Fsp3) is 0.381. The van der Waals surface area contributed by atoms with E-state index in [4.69, 9.17) is 9.47 Å². The maximum atomic E-state index is 13.3. The molecule has 2 atom stereocenters. The molecule has 0 bridgehead atoms. The Labute approximate surface area is 163 Å². The van der Waals surface area contributed by atoms with Crippen LogP contribution in [0.25, 0.3) is 0 Å². The predicted molar refractivity (Wildman–Crippen MR) is 101 cm³/mol. The van der Waals surface area contributed by atoms with Crippen molar-refractivity contribution in [3.63, 3.8) is 0 Å². The number of aliphatic carboxylic acids is 1. The third-order valence-electron chi connectivity index (χ3n) is 4.90. The Morgan fingerprint density at radius 1 is 1.21 bits per heavy atom. The molecule has 1 fully saturated rings. The van der Waals surface area contributed by atoms with E-state index in [0.717, 1.165) is 5.56 Å². The first-order valence-electron chi connectivity index (χ1n) is 9.13. The van der Waals surface area contributed by atoms with Crippen LogP contribution in [0.15, 0.2) is 42.5 Å². The molecule has 0 unspecified atom stereocenters. The third-order valence-corrected chi connectivity index (χ3v) is 4.90. The summed E-state index contributed by atoms with van der Waals surface area (Å²) >= 11 is 0. The molecule has 0 saturated carbocycles. The lowest BCUT2D eigenvalue weighted by atomic mass is 9.94. The maximum Gasteiger partial charge on any atom is 0.310 e. The normalized spacial score (nSPS) is 20.0. The number of ether oxygens (including phenoxy) is 2. The van der Waals surface area contributed by atoms with Gasteiger partial charge in [-0.15, -0.1) is 0 Å². The minimum atomic E-state index is -0.981. The molecule has 2 aromatic carbocycles. The third kappa shape index (κ3) is 4.99. The Balaban J connectivity index is 1.69. The van der Waals surface area contributed by atoms with Gasteiger partial charge in [0.05, 0.1) is 19.1 Å². The summed E-state index contributed by atoms with van der Waals surface area (Å²) in [5.41, 5.74) is 1.65. The number of halogens is 1. The molecule has 0 aliphatic carbocycles. The number of nitrogens with zero attached hydrogens (tertiary/aromatic N) is 1. The minimum absolute atomic E-state index is 0.203. The van der Waals surface area contributed by atoms with Gasteiger partial charge in [0, 0.05) is 19.6 Å². The summed E-state index contributed by atoms with van der Waals surface area (Å²) in [7, 11) is 1.55. The molecule has 1 saturated heterocycles. The minimum Gasteiger partial charge on any atom is -0.493 e. The molecule has 28 heavy (non-hydrogen) atoms. The molecule has 150 valence electrons. The number of hydrogen-bond donors (Lipinski definition) is 2. The van der Waals surface area contributed by atoms with Crippen LogP contribution in [0.1, 0.15) is 17.5 Å². The van der Waals surface area contributed by atoms with Crippen LogP contribution < -0.4 is 9.47 Å². The average Bonchev–Trinajstić information content (AvgIpc) is 2.68. The fourth-order valence-electron chi connectivity index (χ4n) is 3.37. The van der Waals surface area contributed by atoms with E-state index in [2.05, 4.69) is 0 Å². The molecule has 6 nitrogen and oxygen atoms in total. The molecule has 1 aliphatic rings. The fourth-order valence-corrected chi connectivity index (χ4v) is 3.37. The molecule has 1 heterocycles. The molecule has 0 spiro atoms. The number of piperidine rings is 1. The van der Waals surface area contributed by atoms with E-state index in [-0.39, 0.29) is 12.4 Å². The van der Waals surface area contributed by atoms with Gasteiger partial charge in [-0.1, -0.05) is 18.2 Å². The largest absolute Gasteiger partial charge is 0.493 e. The van der Waals surface area contributed by atoms with Crippen LogP contribution in [0, 0.1) is 11.7 Å². The average molecular weight is 389 g/mol. The van der Waals surface area contributed by atoms with Crippen molar-refractivity contribution in [2.75, 3.05) is 20.2 Å². The van der Waals surface area contributed by atoms with Crippen LogP contribution in [0.4, 0.5) is 4.39 Å². The second-order valence-electron chi connectivity index (χ2n) is 6.94. The number of carboxylic acid groups (broad SMARTS) is 1. The van der Waals surface area contributed by atoms with Gasteiger partial charge in [-0.05, 0) is 41.8 Å². The zero-order chi connectivity index (χ0) is 20.1. The van der Waals surface area contributed by atoms with Crippen molar-refractivity contribution in [3.05, 3.63) is 59.4 Å². The number of rotatable bonds is 7.